The van der Waals surface area contributed by atoms with Gasteiger partial charge in [0.25, 0.3) is 0 Å². The number of rotatable bonds is 18. The highest BCUT2D eigenvalue weighted by atomic mass is 35.5. The van der Waals surface area contributed by atoms with Crippen LogP contribution >= 0.6 is 12.4 Å². The fourth-order valence-corrected chi connectivity index (χ4v) is 2.90. The maximum absolute atomic E-state index is 10.8. The Hall–Kier alpha value is -0.280. The van der Waals surface area contributed by atoms with Crippen LogP contribution < -0.4 is 5.73 Å². The van der Waals surface area contributed by atoms with Crippen LogP contribution in [0.1, 0.15) is 110 Å². The van der Waals surface area contributed by atoms with Crippen LogP contribution in [0.15, 0.2) is 0 Å². The van der Waals surface area contributed by atoms with Crippen molar-refractivity contribution in [1.29, 1.82) is 0 Å². The molecule has 0 amide bonds. The molecule has 0 saturated carbocycles. The van der Waals surface area contributed by atoms with Crippen LogP contribution in [0.3, 0.4) is 0 Å². The van der Waals surface area contributed by atoms with Crippen molar-refractivity contribution in [3.63, 3.8) is 0 Å². The lowest BCUT2D eigenvalue weighted by atomic mass is 10.0. The minimum atomic E-state index is -0.286. The van der Waals surface area contributed by atoms with Crippen molar-refractivity contribution in [2.75, 3.05) is 13.2 Å². The molecule has 0 atom stereocenters. The first-order valence-corrected chi connectivity index (χ1v) is 10.2. The second kappa shape index (κ2) is 22.7. The molecule has 0 aromatic heterocycles. The molecular weight excluding hydrogens is 322 g/mol. The standard InChI is InChI=1S/C20H41NO2.ClH/c1-2-3-4-5-6-7-8-9-10-11-12-13-14-15-16-17-18-23-20(22)19-21;/h2-19,21H2,1H3;1H. The van der Waals surface area contributed by atoms with E-state index < -0.39 is 0 Å². The van der Waals surface area contributed by atoms with Gasteiger partial charge in [-0.3, -0.25) is 4.79 Å². The summed E-state index contributed by atoms with van der Waals surface area (Å²) in [6.45, 7) is 2.81. The summed E-state index contributed by atoms with van der Waals surface area (Å²) in [6.07, 6.45) is 21.7. The molecule has 0 aromatic rings. The van der Waals surface area contributed by atoms with Crippen LogP contribution in [0.2, 0.25) is 0 Å². The molecule has 3 nitrogen and oxygen atoms in total. The summed E-state index contributed by atoms with van der Waals surface area (Å²) in [6, 6.07) is 0. The van der Waals surface area contributed by atoms with Gasteiger partial charge in [-0.05, 0) is 6.42 Å². The zero-order chi connectivity index (χ0) is 17.0. The highest BCUT2D eigenvalue weighted by molar-refractivity contribution is 5.85. The number of hydrogen-bond acceptors (Lipinski definition) is 3. The van der Waals surface area contributed by atoms with Gasteiger partial charge in [0.05, 0.1) is 13.2 Å². The number of carbonyl (C=O) groups is 1. The number of ether oxygens (including phenoxy) is 1. The monoisotopic (exact) mass is 363 g/mol. The quantitative estimate of drug-likeness (QED) is 0.234. The highest BCUT2D eigenvalue weighted by Crippen LogP contribution is 2.13. The lowest BCUT2D eigenvalue weighted by Gasteiger charge is -2.04. The SMILES string of the molecule is CCCCCCCCCCCCCCCCCCOC(=O)CN.Cl. The number of esters is 1. The fourth-order valence-electron chi connectivity index (χ4n) is 2.90. The Labute approximate surface area is 156 Å². The molecule has 2 N–H and O–H groups in total. The summed E-state index contributed by atoms with van der Waals surface area (Å²) >= 11 is 0. The second-order valence-corrected chi connectivity index (χ2v) is 6.73. The molecule has 0 heterocycles. The summed E-state index contributed by atoms with van der Waals surface area (Å²) in [5.74, 6) is -0.286. The maximum atomic E-state index is 10.8. The molecule has 0 fully saturated rings. The van der Waals surface area contributed by atoms with E-state index in [4.69, 9.17) is 10.5 Å². The highest BCUT2D eigenvalue weighted by Gasteiger charge is 1.98. The molecule has 0 radical (unpaired) electrons. The van der Waals surface area contributed by atoms with Gasteiger partial charge in [0.1, 0.15) is 0 Å². The van der Waals surface area contributed by atoms with Gasteiger partial charge in [0.2, 0.25) is 0 Å². The summed E-state index contributed by atoms with van der Waals surface area (Å²) < 4.78 is 4.95. The van der Waals surface area contributed by atoms with E-state index in [2.05, 4.69) is 6.92 Å². The minimum Gasteiger partial charge on any atom is -0.465 e. The fraction of sp³-hybridized carbons (Fsp3) is 0.950. The molecule has 0 aliphatic rings. The lowest BCUT2D eigenvalue weighted by molar-refractivity contribution is -0.142. The Morgan fingerprint density at radius 3 is 1.33 bits per heavy atom. The van der Waals surface area contributed by atoms with E-state index >= 15 is 0 Å². The predicted molar refractivity (Wildman–Crippen MR) is 107 cm³/mol. The maximum Gasteiger partial charge on any atom is 0.319 e. The molecule has 0 aromatic carbocycles. The summed E-state index contributed by atoms with van der Waals surface area (Å²) in [5.41, 5.74) is 5.17. The number of hydrogen-bond donors (Lipinski definition) is 1. The predicted octanol–water partition coefficient (Wildman–Crippen LogP) is 6.17. The molecule has 4 heteroatoms. The van der Waals surface area contributed by atoms with E-state index in [0.29, 0.717) is 6.61 Å². The van der Waals surface area contributed by atoms with Crippen LogP contribution in [0.25, 0.3) is 0 Å². The van der Waals surface area contributed by atoms with Gasteiger partial charge in [-0.25, -0.2) is 0 Å². The Morgan fingerprint density at radius 1 is 0.667 bits per heavy atom. The van der Waals surface area contributed by atoms with Gasteiger partial charge in [0.15, 0.2) is 0 Å². The molecule has 0 bridgehead atoms. The zero-order valence-corrected chi connectivity index (χ0v) is 16.8. The van der Waals surface area contributed by atoms with Gasteiger partial charge in [-0.2, -0.15) is 0 Å². The second-order valence-electron chi connectivity index (χ2n) is 6.73. The van der Waals surface area contributed by atoms with Crippen LogP contribution in [0, 0.1) is 0 Å². The molecule has 0 aliphatic carbocycles. The average Bonchev–Trinajstić information content (AvgIpc) is 2.57. The Morgan fingerprint density at radius 2 is 1.00 bits per heavy atom. The first-order chi connectivity index (χ1) is 11.3. The lowest BCUT2D eigenvalue weighted by Crippen LogP contribution is -2.17. The normalized spacial score (nSPS) is 10.4. The third-order valence-electron chi connectivity index (χ3n) is 4.43. The van der Waals surface area contributed by atoms with Crippen molar-refractivity contribution < 1.29 is 9.53 Å². The third kappa shape index (κ3) is 21.7. The zero-order valence-electron chi connectivity index (χ0n) is 16.0. The van der Waals surface area contributed by atoms with E-state index in [9.17, 15) is 4.79 Å². The van der Waals surface area contributed by atoms with Crippen molar-refractivity contribution in [3.05, 3.63) is 0 Å². The first-order valence-electron chi connectivity index (χ1n) is 10.2. The number of unbranched alkanes of at least 4 members (excludes halogenated alkanes) is 15. The minimum absolute atomic E-state index is 0. The molecule has 0 spiro atoms. The summed E-state index contributed by atoms with van der Waals surface area (Å²) in [4.78, 5) is 10.8. The van der Waals surface area contributed by atoms with E-state index in [0.717, 1.165) is 12.8 Å². The average molecular weight is 364 g/mol. The van der Waals surface area contributed by atoms with E-state index in [1.807, 2.05) is 0 Å². The van der Waals surface area contributed by atoms with E-state index in [1.54, 1.807) is 0 Å². The van der Waals surface area contributed by atoms with E-state index in [-0.39, 0.29) is 24.9 Å². The van der Waals surface area contributed by atoms with Crippen molar-refractivity contribution in [2.24, 2.45) is 5.73 Å². The molecule has 146 valence electrons. The Kier molecular flexibility index (Phi) is 24.6. The third-order valence-corrected chi connectivity index (χ3v) is 4.43. The number of halogens is 1. The Bertz CT molecular complexity index is 250. The van der Waals surface area contributed by atoms with Crippen LogP contribution in [0.5, 0.6) is 0 Å². The molecule has 0 unspecified atom stereocenters. The van der Waals surface area contributed by atoms with Crippen molar-refractivity contribution in [2.45, 2.75) is 110 Å². The molecule has 24 heavy (non-hydrogen) atoms. The van der Waals surface area contributed by atoms with Crippen LogP contribution in [-0.2, 0) is 9.53 Å². The van der Waals surface area contributed by atoms with E-state index in [1.165, 1.54) is 89.9 Å². The molecule has 0 rings (SSSR count). The summed E-state index contributed by atoms with van der Waals surface area (Å²) in [5, 5.41) is 0. The first kappa shape index (κ1) is 26.0. The summed E-state index contributed by atoms with van der Waals surface area (Å²) in [7, 11) is 0. The molecule has 0 saturated heterocycles. The number of carbonyl (C=O) groups excluding carboxylic acids is 1. The smallest absolute Gasteiger partial charge is 0.319 e. The molecule has 0 aliphatic heterocycles. The topological polar surface area (TPSA) is 52.3 Å². The van der Waals surface area contributed by atoms with Gasteiger partial charge in [-0.15, -0.1) is 12.4 Å². The molecular formula is C20H42ClNO2. The van der Waals surface area contributed by atoms with Crippen LogP contribution in [0.4, 0.5) is 0 Å². The van der Waals surface area contributed by atoms with Crippen LogP contribution in [-0.4, -0.2) is 19.1 Å². The van der Waals surface area contributed by atoms with Gasteiger partial charge < -0.3 is 10.5 Å². The Balaban J connectivity index is 0. The van der Waals surface area contributed by atoms with Gasteiger partial charge in [-0.1, -0.05) is 103 Å². The van der Waals surface area contributed by atoms with Gasteiger partial charge in [0, 0.05) is 0 Å². The van der Waals surface area contributed by atoms with Crippen molar-refractivity contribution in [1.82, 2.24) is 0 Å². The van der Waals surface area contributed by atoms with Crippen molar-refractivity contribution in [3.8, 4) is 0 Å². The number of nitrogens with two attached hydrogens (primary N) is 1. The van der Waals surface area contributed by atoms with Crippen molar-refractivity contribution >= 4 is 18.4 Å². The van der Waals surface area contributed by atoms with Gasteiger partial charge >= 0.3 is 5.97 Å². The largest absolute Gasteiger partial charge is 0.465 e.